The third-order valence-corrected chi connectivity index (χ3v) is 6.54. The minimum absolute atomic E-state index is 0.231. The van der Waals surface area contributed by atoms with Crippen LogP contribution in [0.1, 0.15) is 58.4 Å². The molecular weight excluding hydrogens is 376 g/mol. The number of benzene rings is 1. The summed E-state index contributed by atoms with van der Waals surface area (Å²) < 4.78 is 1.95. The quantitative estimate of drug-likeness (QED) is 0.597. The van der Waals surface area contributed by atoms with Crippen molar-refractivity contribution < 1.29 is 0 Å². The van der Waals surface area contributed by atoms with E-state index >= 15 is 0 Å². The number of rotatable bonds is 5. The van der Waals surface area contributed by atoms with E-state index in [4.69, 9.17) is 4.98 Å². The van der Waals surface area contributed by atoms with E-state index in [2.05, 4.69) is 45.1 Å². The van der Waals surface area contributed by atoms with E-state index in [-0.39, 0.29) is 6.04 Å². The van der Waals surface area contributed by atoms with Crippen molar-refractivity contribution in [3.63, 3.8) is 0 Å². The summed E-state index contributed by atoms with van der Waals surface area (Å²) in [7, 11) is 0. The van der Waals surface area contributed by atoms with Crippen LogP contribution in [0.4, 0.5) is 5.95 Å². The van der Waals surface area contributed by atoms with Gasteiger partial charge in [-0.1, -0.05) is 5.21 Å². The Labute approximate surface area is 177 Å². The van der Waals surface area contributed by atoms with Crippen molar-refractivity contribution >= 4 is 27.9 Å². The second-order valence-electron chi connectivity index (χ2n) is 9.08. The zero-order valence-electron chi connectivity index (χ0n) is 17.9. The number of nitrogens with zero attached hydrogens (tertiary/aromatic N) is 5. The maximum absolute atomic E-state index is 4.88. The van der Waals surface area contributed by atoms with Gasteiger partial charge >= 0.3 is 0 Å². The monoisotopic (exact) mass is 408 g/mol. The average molecular weight is 409 g/mol. The van der Waals surface area contributed by atoms with Gasteiger partial charge in [0, 0.05) is 35.8 Å². The Hall–Kier alpha value is -2.32. The van der Waals surface area contributed by atoms with Crippen molar-refractivity contribution in [2.45, 2.75) is 76.5 Å². The minimum atomic E-state index is 0.231. The summed E-state index contributed by atoms with van der Waals surface area (Å²) in [4.78, 5) is 9.46. The molecule has 1 saturated heterocycles. The molecule has 3 aromatic rings. The van der Waals surface area contributed by atoms with Gasteiger partial charge in [-0.05, 0) is 77.6 Å². The van der Waals surface area contributed by atoms with E-state index in [1.54, 1.807) is 0 Å². The summed E-state index contributed by atoms with van der Waals surface area (Å²) in [5, 5.41) is 20.6. The summed E-state index contributed by atoms with van der Waals surface area (Å²) in [5.74, 6) is 0.710. The normalized spacial score (nSPS) is 23.4. The van der Waals surface area contributed by atoms with Gasteiger partial charge in [-0.15, -0.1) is 5.10 Å². The zero-order chi connectivity index (χ0) is 20.5. The molecule has 8 nitrogen and oxygen atoms in total. The summed E-state index contributed by atoms with van der Waals surface area (Å²) in [6, 6.07) is 6.02. The number of piperidine rings is 1. The fourth-order valence-corrected chi connectivity index (χ4v) is 4.86. The molecule has 5 rings (SSSR count). The third-order valence-electron chi connectivity index (χ3n) is 6.54. The van der Waals surface area contributed by atoms with Gasteiger partial charge in [0.05, 0.1) is 0 Å². The Bertz CT molecular complexity index is 999. The SMILES string of the molecule is CC(C)n1nnc2ccc3cnc(NC4CCC(NC5CCNCC5)CC4)nc3c21. The molecule has 1 aliphatic heterocycles. The summed E-state index contributed by atoms with van der Waals surface area (Å²) in [5.41, 5.74) is 2.79. The lowest BCUT2D eigenvalue weighted by molar-refractivity contribution is 0.289. The van der Waals surface area contributed by atoms with E-state index in [1.807, 2.05) is 23.0 Å². The van der Waals surface area contributed by atoms with Gasteiger partial charge in [0.25, 0.3) is 0 Å². The summed E-state index contributed by atoms with van der Waals surface area (Å²) >= 11 is 0. The topological polar surface area (TPSA) is 92.6 Å². The minimum Gasteiger partial charge on any atom is -0.351 e. The van der Waals surface area contributed by atoms with E-state index in [9.17, 15) is 0 Å². The van der Waals surface area contributed by atoms with Crippen molar-refractivity contribution in [3.05, 3.63) is 18.3 Å². The molecule has 3 heterocycles. The van der Waals surface area contributed by atoms with Gasteiger partial charge in [-0.2, -0.15) is 0 Å². The van der Waals surface area contributed by atoms with E-state index < -0.39 is 0 Å². The van der Waals surface area contributed by atoms with Crippen LogP contribution in [0, 0.1) is 0 Å². The van der Waals surface area contributed by atoms with Gasteiger partial charge in [-0.25, -0.2) is 14.6 Å². The number of fused-ring (bicyclic) bond motifs is 3. The number of anilines is 1. The lowest BCUT2D eigenvalue weighted by Crippen LogP contribution is -2.46. The molecule has 0 bridgehead atoms. The molecule has 2 aromatic heterocycles. The molecule has 0 radical (unpaired) electrons. The van der Waals surface area contributed by atoms with Crippen molar-refractivity contribution in [2.75, 3.05) is 18.4 Å². The van der Waals surface area contributed by atoms with Crippen molar-refractivity contribution in [1.82, 2.24) is 35.6 Å². The Morgan fingerprint density at radius 3 is 2.50 bits per heavy atom. The molecule has 0 spiro atoms. The second kappa shape index (κ2) is 8.43. The molecule has 0 amide bonds. The van der Waals surface area contributed by atoms with Gasteiger partial charge in [0.15, 0.2) is 0 Å². The molecule has 0 atom stereocenters. The Morgan fingerprint density at radius 1 is 1.00 bits per heavy atom. The molecule has 0 unspecified atom stereocenters. The van der Waals surface area contributed by atoms with Crippen molar-refractivity contribution in [2.24, 2.45) is 0 Å². The van der Waals surface area contributed by atoms with E-state index in [1.165, 1.54) is 25.7 Å². The Kier molecular flexibility index (Phi) is 5.52. The van der Waals surface area contributed by atoms with Crippen LogP contribution >= 0.6 is 0 Å². The molecule has 1 aromatic carbocycles. The maximum Gasteiger partial charge on any atom is 0.223 e. The van der Waals surface area contributed by atoms with Crippen LogP contribution in [0.5, 0.6) is 0 Å². The molecule has 160 valence electrons. The highest BCUT2D eigenvalue weighted by Crippen LogP contribution is 2.26. The predicted molar refractivity (Wildman–Crippen MR) is 120 cm³/mol. The van der Waals surface area contributed by atoms with Gasteiger partial charge < -0.3 is 16.0 Å². The summed E-state index contributed by atoms with van der Waals surface area (Å²) in [6.45, 7) is 6.52. The van der Waals surface area contributed by atoms with Crippen LogP contribution in [-0.4, -0.2) is 56.2 Å². The van der Waals surface area contributed by atoms with Crippen molar-refractivity contribution in [1.29, 1.82) is 0 Å². The van der Waals surface area contributed by atoms with Gasteiger partial charge in [-0.3, -0.25) is 0 Å². The van der Waals surface area contributed by atoms with Crippen molar-refractivity contribution in [3.8, 4) is 0 Å². The largest absolute Gasteiger partial charge is 0.351 e. The van der Waals surface area contributed by atoms with Gasteiger partial charge in [0.2, 0.25) is 5.95 Å². The number of aromatic nitrogens is 5. The fraction of sp³-hybridized carbons (Fsp3) is 0.636. The number of hydrogen-bond donors (Lipinski definition) is 3. The molecule has 1 saturated carbocycles. The highest BCUT2D eigenvalue weighted by Gasteiger charge is 2.24. The summed E-state index contributed by atoms with van der Waals surface area (Å²) in [6.07, 6.45) is 9.14. The third kappa shape index (κ3) is 3.98. The zero-order valence-corrected chi connectivity index (χ0v) is 17.9. The lowest BCUT2D eigenvalue weighted by atomic mass is 9.90. The smallest absolute Gasteiger partial charge is 0.223 e. The van der Waals surface area contributed by atoms with Crippen LogP contribution in [0.25, 0.3) is 21.9 Å². The van der Waals surface area contributed by atoms with Crippen LogP contribution in [0.3, 0.4) is 0 Å². The highest BCUT2D eigenvalue weighted by atomic mass is 15.4. The molecule has 2 fully saturated rings. The Balaban J connectivity index is 1.28. The van der Waals surface area contributed by atoms with Crippen LogP contribution in [0.2, 0.25) is 0 Å². The number of hydrogen-bond acceptors (Lipinski definition) is 7. The molecule has 3 N–H and O–H groups in total. The van der Waals surface area contributed by atoms with Crippen LogP contribution in [0.15, 0.2) is 18.3 Å². The van der Waals surface area contributed by atoms with E-state index in [0.717, 1.165) is 47.9 Å². The molecule has 1 aliphatic carbocycles. The first-order valence-electron chi connectivity index (χ1n) is 11.4. The predicted octanol–water partition coefficient (Wildman–Crippen LogP) is 3.02. The fourth-order valence-electron chi connectivity index (χ4n) is 4.86. The second-order valence-corrected chi connectivity index (χ2v) is 9.08. The average Bonchev–Trinajstić information content (AvgIpc) is 3.21. The molecule has 30 heavy (non-hydrogen) atoms. The number of nitrogens with one attached hydrogen (secondary N) is 3. The van der Waals surface area contributed by atoms with Gasteiger partial charge in [0.1, 0.15) is 16.6 Å². The van der Waals surface area contributed by atoms with Crippen LogP contribution < -0.4 is 16.0 Å². The molecule has 2 aliphatic rings. The Morgan fingerprint density at radius 2 is 1.73 bits per heavy atom. The highest BCUT2D eigenvalue weighted by molar-refractivity contribution is 6.01. The molecule has 8 heteroatoms. The first-order valence-corrected chi connectivity index (χ1v) is 11.4. The maximum atomic E-state index is 4.88. The van der Waals surface area contributed by atoms with Crippen LogP contribution in [-0.2, 0) is 0 Å². The molecular formula is C22H32N8. The van der Waals surface area contributed by atoms with E-state index in [0.29, 0.717) is 24.1 Å². The first kappa shape index (κ1) is 19.6. The standard InChI is InChI=1S/C22H32N8/c1-14(2)30-21-19(28-29-30)8-3-15-13-24-22(27-20(15)21)26-17-6-4-16(5-7-17)25-18-9-11-23-12-10-18/h3,8,13-14,16-18,23,25H,4-7,9-12H2,1-2H3,(H,24,26,27). The lowest BCUT2D eigenvalue weighted by Gasteiger charge is -2.34. The first-order chi connectivity index (χ1) is 14.7.